The predicted octanol–water partition coefficient (Wildman–Crippen LogP) is 0.564. The molecule has 4 heterocycles. The van der Waals surface area contributed by atoms with Crippen molar-refractivity contribution >= 4 is 34.9 Å². The van der Waals surface area contributed by atoms with Crippen molar-refractivity contribution in [3.05, 3.63) is 48.0 Å². The van der Waals surface area contributed by atoms with Gasteiger partial charge in [-0.05, 0) is 24.1 Å². The molecule has 1 aliphatic heterocycles. The number of esters is 2. The molecule has 1 fully saturated rings. The van der Waals surface area contributed by atoms with Crippen LogP contribution in [0.1, 0.15) is 44.5 Å². The van der Waals surface area contributed by atoms with Crippen LogP contribution in [0.2, 0.25) is 0 Å². The zero-order valence-corrected chi connectivity index (χ0v) is 22.6. The van der Waals surface area contributed by atoms with Crippen LogP contribution in [0, 0.1) is 0 Å². The Bertz CT molecular complexity index is 1530. The molecule has 0 amide bonds. The number of fused-ring (bicyclic) bond motifs is 1. The number of aliphatic hydroxyl groups excluding tert-OH is 1. The summed E-state index contributed by atoms with van der Waals surface area (Å²) in [6.45, 7) is 4.57. The van der Waals surface area contributed by atoms with Crippen molar-refractivity contribution in [2.24, 2.45) is 0 Å². The predicted molar refractivity (Wildman–Crippen MR) is 142 cm³/mol. The molecule has 3 aromatic heterocycles. The Morgan fingerprint density at radius 3 is 2.54 bits per heavy atom. The summed E-state index contributed by atoms with van der Waals surface area (Å²) >= 11 is 0. The van der Waals surface area contributed by atoms with Gasteiger partial charge in [0.25, 0.3) is 0 Å². The summed E-state index contributed by atoms with van der Waals surface area (Å²) in [7, 11) is 0. The number of benzene rings is 1. The summed E-state index contributed by atoms with van der Waals surface area (Å²) < 4.78 is 19.0. The van der Waals surface area contributed by atoms with Crippen LogP contribution in [-0.4, -0.2) is 81.6 Å². The zero-order chi connectivity index (χ0) is 29.1. The summed E-state index contributed by atoms with van der Waals surface area (Å²) in [6.07, 6.45) is -2.38. The number of aryl methyl sites for hydroxylation is 1. The molecule has 216 valence electrons. The zero-order valence-electron chi connectivity index (χ0n) is 22.6. The van der Waals surface area contributed by atoms with Crippen LogP contribution in [0.5, 0.6) is 0 Å². The Morgan fingerprint density at radius 1 is 1.15 bits per heavy atom. The number of nitrogens with two attached hydrogens (primary N) is 1. The summed E-state index contributed by atoms with van der Waals surface area (Å²) in [5.74, 6) is -0.874. The number of hydrogen-bond donors (Lipinski definition) is 3. The first kappa shape index (κ1) is 27.9. The summed E-state index contributed by atoms with van der Waals surface area (Å²) in [5.41, 5.74) is 7.77. The van der Waals surface area contributed by atoms with E-state index in [0.29, 0.717) is 13.0 Å². The highest BCUT2D eigenvalue weighted by Crippen LogP contribution is 2.42. The highest BCUT2D eigenvalue weighted by atomic mass is 16.6. The first-order chi connectivity index (χ1) is 19.8. The van der Waals surface area contributed by atoms with Gasteiger partial charge in [-0.3, -0.25) is 14.2 Å². The third-order valence-corrected chi connectivity index (χ3v) is 6.40. The minimum atomic E-state index is -1.12. The molecule has 4 N–H and O–H groups in total. The van der Waals surface area contributed by atoms with E-state index in [1.54, 1.807) is 0 Å². The molecule has 0 unspecified atom stereocenters. The number of aromatic nitrogens is 8. The number of nitrogens with zero attached hydrogens (tertiary/aromatic N) is 8. The number of tetrazole rings is 1. The first-order valence-corrected chi connectivity index (χ1v) is 13.0. The highest BCUT2D eigenvalue weighted by Gasteiger charge is 2.53. The standard InChI is InChI=1S/C25H30N10O6/c1-4-35-32-22(31-33-35)19-18(39-13(2)37)20(40-14(3)38)24(41-19)34-12-27-17-21(26)29-25(30-23(17)34)28-16(11-36)10-15-8-6-5-7-9-15/h5-9,12,16,18-20,24,36H,4,10-11H2,1-3H3,(H3,26,28,29,30)/t16-,18+,19-,20-,24+/m0/s1. The van der Waals surface area contributed by atoms with Crippen LogP contribution < -0.4 is 11.1 Å². The van der Waals surface area contributed by atoms with Crippen molar-refractivity contribution in [1.82, 2.24) is 39.7 Å². The van der Waals surface area contributed by atoms with Crippen LogP contribution >= 0.6 is 0 Å². The van der Waals surface area contributed by atoms with Gasteiger partial charge in [0.2, 0.25) is 11.8 Å². The summed E-state index contributed by atoms with van der Waals surface area (Å²) in [4.78, 5) is 38.8. The van der Waals surface area contributed by atoms with Crippen molar-refractivity contribution in [2.75, 3.05) is 17.7 Å². The lowest BCUT2D eigenvalue weighted by atomic mass is 10.1. The molecule has 0 saturated carbocycles. The molecule has 16 heteroatoms. The Morgan fingerprint density at radius 2 is 1.88 bits per heavy atom. The molecular weight excluding hydrogens is 536 g/mol. The topological polar surface area (TPSA) is 207 Å². The fraction of sp³-hybridized carbons (Fsp3) is 0.440. The second kappa shape index (κ2) is 11.8. The molecule has 0 radical (unpaired) electrons. The van der Waals surface area contributed by atoms with Gasteiger partial charge in [-0.25, -0.2) is 4.98 Å². The van der Waals surface area contributed by atoms with E-state index in [0.717, 1.165) is 5.56 Å². The second-order valence-electron chi connectivity index (χ2n) is 9.40. The third-order valence-electron chi connectivity index (χ3n) is 6.40. The Hall–Kier alpha value is -4.70. The number of rotatable bonds is 10. The molecule has 1 aromatic carbocycles. The van der Waals surface area contributed by atoms with Gasteiger partial charge in [-0.15, -0.1) is 10.2 Å². The molecule has 4 aromatic rings. The van der Waals surface area contributed by atoms with E-state index in [2.05, 4.69) is 35.7 Å². The van der Waals surface area contributed by atoms with E-state index in [9.17, 15) is 14.7 Å². The number of hydrogen-bond acceptors (Lipinski definition) is 14. The lowest BCUT2D eigenvalue weighted by Gasteiger charge is -2.23. The van der Waals surface area contributed by atoms with Gasteiger partial charge in [0, 0.05) is 13.8 Å². The SMILES string of the molecule is CCn1nnc([C@H]2O[C@@H](n3cnc4c(N)nc(N[C@H](CO)Cc5ccccc5)nc43)[C@@H](OC(C)=O)[C@@H]2OC(C)=O)n1. The minimum absolute atomic E-state index is 0.0790. The normalized spacial score (nSPS) is 21.1. The summed E-state index contributed by atoms with van der Waals surface area (Å²) in [5, 5.41) is 25.4. The molecule has 5 rings (SSSR count). The van der Waals surface area contributed by atoms with Crippen LogP contribution in [-0.2, 0) is 36.8 Å². The molecule has 0 aliphatic carbocycles. The molecule has 1 aliphatic rings. The van der Waals surface area contributed by atoms with E-state index in [-0.39, 0.29) is 35.4 Å². The lowest BCUT2D eigenvalue weighted by Crippen LogP contribution is -2.37. The highest BCUT2D eigenvalue weighted by molar-refractivity contribution is 5.83. The van der Waals surface area contributed by atoms with Gasteiger partial charge in [0.05, 0.1) is 25.5 Å². The van der Waals surface area contributed by atoms with Crippen LogP contribution in [0.25, 0.3) is 11.2 Å². The van der Waals surface area contributed by atoms with Crippen molar-refractivity contribution in [3.63, 3.8) is 0 Å². The number of nitrogens with one attached hydrogen (secondary N) is 1. The maximum Gasteiger partial charge on any atom is 0.303 e. The quantitative estimate of drug-likeness (QED) is 0.224. The smallest absolute Gasteiger partial charge is 0.303 e. The van der Waals surface area contributed by atoms with Gasteiger partial charge in [-0.1, -0.05) is 30.3 Å². The lowest BCUT2D eigenvalue weighted by molar-refractivity contribution is -0.165. The molecule has 0 spiro atoms. The van der Waals surface area contributed by atoms with Gasteiger partial charge in [-0.2, -0.15) is 14.8 Å². The first-order valence-electron chi connectivity index (χ1n) is 13.0. The number of carbonyl (C=O) groups is 2. The Kier molecular flexibility index (Phi) is 8.02. The van der Waals surface area contributed by atoms with E-state index in [1.165, 1.54) is 29.5 Å². The van der Waals surface area contributed by atoms with Gasteiger partial charge >= 0.3 is 11.9 Å². The maximum atomic E-state index is 12.1. The number of nitrogen functional groups attached to an aromatic ring is 1. The van der Waals surface area contributed by atoms with Gasteiger partial charge < -0.3 is 30.4 Å². The monoisotopic (exact) mass is 566 g/mol. The number of carbonyl (C=O) groups excluding carboxylic acids is 2. The largest absolute Gasteiger partial charge is 0.455 e. The fourth-order valence-electron chi connectivity index (χ4n) is 4.64. The van der Waals surface area contributed by atoms with Crippen molar-refractivity contribution in [2.45, 2.75) is 64.3 Å². The fourth-order valence-corrected chi connectivity index (χ4v) is 4.64. The van der Waals surface area contributed by atoms with Crippen LogP contribution in [0.4, 0.5) is 11.8 Å². The van der Waals surface area contributed by atoms with Crippen LogP contribution in [0.15, 0.2) is 36.7 Å². The average molecular weight is 567 g/mol. The molecule has 5 atom stereocenters. The number of ether oxygens (including phenoxy) is 3. The third kappa shape index (κ3) is 5.92. The van der Waals surface area contributed by atoms with E-state index in [1.807, 2.05) is 37.3 Å². The summed E-state index contributed by atoms with van der Waals surface area (Å²) in [6, 6.07) is 9.24. The number of imidazole rings is 1. The number of aliphatic hydroxyl groups is 1. The van der Waals surface area contributed by atoms with E-state index < -0.39 is 42.5 Å². The molecule has 41 heavy (non-hydrogen) atoms. The molecule has 1 saturated heterocycles. The molecule has 16 nitrogen and oxygen atoms in total. The average Bonchev–Trinajstić information content (AvgIpc) is 3.66. The van der Waals surface area contributed by atoms with Gasteiger partial charge in [0.1, 0.15) is 5.52 Å². The van der Waals surface area contributed by atoms with Gasteiger partial charge in [0.15, 0.2) is 36.0 Å². The second-order valence-corrected chi connectivity index (χ2v) is 9.40. The Balaban J connectivity index is 1.51. The molecule has 0 bridgehead atoms. The van der Waals surface area contributed by atoms with Crippen molar-refractivity contribution < 1.29 is 28.9 Å². The van der Waals surface area contributed by atoms with Crippen molar-refractivity contribution in [1.29, 1.82) is 0 Å². The van der Waals surface area contributed by atoms with Crippen LogP contribution in [0.3, 0.4) is 0 Å². The maximum absolute atomic E-state index is 12.1. The van der Waals surface area contributed by atoms with Crippen molar-refractivity contribution in [3.8, 4) is 0 Å². The van der Waals surface area contributed by atoms with E-state index in [4.69, 9.17) is 19.9 Å². The Labute approximate surface area is 233 Å². The number of anilines is 2. The minimum Gasteiger partial charge on any atom is -0.455 e. The van der Waals surface area contributed by atoms with E-state index >= 15 is 0 Å². The molecular formula is C25H30N10O6.